The Morgan fingerprint density at radius 2 is 1.51 bits per heavy atom. The van der Waals surface area contributed by atoms with Crippen molar-refractivity contribution in [3.05, 3.63) is 91.3 Å². The van der Waals surface area contributed by atoms with Crippen LogP contribution in [-0.4, -0.2) is 35.8 Å². The lowest BCUT2D eigenvalue weighted by Gasteiger charge is -2.49. The molecule has 0 bridgehead atoms. The number of hydrogen-bond acceptors (Lipinski definition) is 6. The minimum absolute atomic E-state index is 0.0192. The third-order valence-electron chi connectivity index (χ3n) is 10.9. The summed E-state index contributed by atoms with van der Waals surface area (Å²) in [5, 5.41) is 10.3. The van der Waals surface area contributed by atoms with Crippen molar-refractivity contribution >= 4 is 69.2 Å². The van der Waals surface area contributed by atoms with Gasteiger partial charge >= 0.3 is 12.4 Å². The van der Waals surface area contributed by atoms with Crippen LogP contribution in [0.3, 0.4) is 0 Å². The molecule has 1 saturated carbocycles. The molecule has 8 nitrogen and oxygen atoms in total. The van der Waals surface area contributed by atoms with Crippen molar-refractivity contribution in [3.8, 4) is 11.5 Å². The van der Waals surface area contributed by atoms with E-state index in [0.29, 0.717) is 31.7 Å². The van der Waals surface area contributed by atoms with Crippen LogP contribution in [0.5, 0.6) is 11.5 Å². The number of alkyl halides is 6. The molecule has 3 aromatic rings. The molecule has 7 rings (SSSR count). The van der Waals surface area contributed by atoms with Gasteiger partial charge in [0.2, 0.25) is 23.6 Å². The summed E-state index contributed by atoms with van der Waals surface area (Å²) in [6.45, 7) is 1.55. The highest BCUT2D eigenvalue weighted by molar-refractivity contribution is 14.1. The van der Waals surface area contributed by atoms with Gasteiger partial charge in [0.15, 0.2) is 11.5 Å². The second-order valence-electron chi connectivity index (χ2n) is 13.6. The Hall–Kier alpha value is -4.19. The molecule has 3 aromatic carbocycles. The molecule has 0 spiro atoms. The number of benzene rings is 3. The van der Waals surface area contributed by atoms with Crippen molar-refractivity contribution in [3.63, 3.8) is 0 Å². The number of hydrogen-bond donors (Lipinski definition) is 1. The number of anilines is 2. The Labute approximate surface area is 314 Å². The summed E-state index contributed by atoms with van der Waals surface area (Å²) in [6, 6.07) is 6.83. The number of carbonyl (C=O) groups excluding carboxylic acids is 4. The van der Waals surface area contributed by atoms with Crippen molar-refractivity contribution in [1.82, 2.24) is 0 Å². The van der Waals surface area contributed by atoms with Gasteiger partial charge < -0.3 is 9.84 Å². The number of fused-ring (bicyclic) bond motifs is 4. The molecule has 4 amide bonds. The van der Waals surface area contributed by atoms with Crippen LogP contribution in [0.15, 0.2) is 60.2 Å². The van der Waals surface area contributed by atoms with Gasteiger partial charge in [0.1, 0.15) is 5.82 Å². The second-order valence-corrected chi connectivity index (χ2v) is 15.2. The average Bonchev–Trinajstić information content (AvgIpc) is 3.45. The molecule has 0 unspecified atom stereocenters. The number of nitrogens with zero attached hydrogens (tertiary/aromatic N) is 2. The predicted molar refractivity (Wildman–Crippen MR) is 182 cm³/mol. The van der Waals surface area contributed by atoms with Crippen molar-refractivity contribution in [2.24, 2.45) is 29.1 Å². The fraction of sp³-hybridized carbons (Fsp3) is 0.333. The zero-order chi connectivity index (χ0) is 38.7. The number of rotatable bonds is 4. The number of phenols is 1. The van der Waals surface area contributed by atoms with E-state index in [1.165, 1.54) is 19.2 Å². The van der Waals surface area contributed by atoms with E-state index in [4.69, 9.17) is 16.3 Å². The van der Waals surface area contributed by atoms with Gasteiger partial charge in [-0.1, -0.05) is 23.3 Å². The van der Waals surface area contributed by atoms with Gasteiger partial charge in [-0.2, -0.15) is 26.3 Å². The van der Waals surface area contributed by atoms with Crippen molar-refractivity contribution in [2.75, 3.05) is 16.9 Å². The first-order valence-electron chi connectivity index (χ1n) is 16.0. The molecule has 0 aromatic heterocycles. The van der Waals surface area contributed by atoms with E-state index < -0.39 is 93.6 Å². The number of phenolic OH excluding ortho intramolecular Hbond substituents is 1. The number of allylic oxidation sites excluding steroid dienone is 2. The van der Waals surface area contributed by atoms with Crippen LogP contribution < -0.4 is 14.5 Å². The molecule has 53 heavy (non-hydrogen) atoms. The summed E-state index contributed by atoms with van der Waals surface area (Å²) < 4.78 is 103. The highest BCUT2D eigenvalue weighted by atomic mass is 127. The molecule has 0 radical (unpaired) electrons. The van der Waals surface area contributed by atoms with E-state index in [9.17, 15) is 55.0 Å². The maximum atomic E-state index is 14.6. The number of carbonyl (C=O) groups is 4. The van der Waals surface area contributed by atoms with Crippen molar-refractivity contribution < 1.29 is 59.8 Å². The highest BCUT2D eigenvalue weighted by Gasteiger charge is 2.68. The summed E-state index contributed by atoms with van der Waals surface area (Å²) >= 11 is 7.86. The fourth-order valence-electron chi connectivity index (χ4n) is 8.50. The number of imide groups is 2. The first-order valence-corrected chi connectivity index (χ1v) is 17.4. The summed E-state index contributed by atoms with van der Waals surface area (Å²) in [5.41, 5.74) is -5.12. The summed E-state index contributed by atoms with van der Waals surface area (Å²) in [6.07, 6.45) is -9.23. The Bertz CT molecular complexity index is 2140. The minimum Gasteiger partial charge on any atom is -0.504 e. The Kier molecular flexibility index (Phi) is 8.71. The van der Waals surface area contributed by atoms with E-state index in [1.54, 1.807) is 19.1 Å². The number of aromatic hydroxyl groups is 1. The summed E-state index contributed by atoms with van der Waals surface area (Å²) in [5.74, 6) is -10.2. The molecule has 278 valence electrons. The Morgan fingerprint density at radius 1 is 0.868 bits per heavy atom. The standard InChI is InChI=1S/C36H25ClF7IN2O6/c1-34-22(31(50)47(33(34)52)17-3-6-24(38)23(37)12-17)13-21-19(28(34)14-7-25(45)29(48)26(8-14)53-2)4-5-20-27(21)32(51)46(30(20)49)18-10-15(35(39,40)41)9-16(11-18)36(42,43)44/h3-4,6-12,20-22,27-28,48H,5,13H2,1-2H3/t20-,21+,22-,27-,28-,34+/m0/s1. The molecule has 4 aliphatic rings. The van der Waals surface area contributed by atoms with Crippen LogP contribution in [0.1, 0.15) is 42.4 Å². The normalized spacial score (nSPS) is 27.2. The minimum atomic E-state index is -5.25. The van der Waals surface area contributed by atoms with Gasteiger partial charge in [-0.3, -0.25) is 19.2 Å². The number of halogens is 9. The molecule has 17 heteroatoms. The molecular weight excluding hydrogens is 852 g/mol. The lowest BCUT2D eigenvalue weighted by Crippen LogP contribution is -2.49. The first-order chi connectivity index (χ1) is 24.7. The molecule has 2 heterocycles. The van der Waals surface area contributed by atoms with E-state index in [1.807, 2.05) is 22.6 Å². The zero-order valence-corrected chi connectivity index (χ0v) is 30.2. The maximum Gasteiger partial charge on any atom is 0.416 e. The SMILES string of the molecule is COc1cc([C@H]2C3=CC[C@@H]4C(=O)N(c5cc(C(F)(F)F)cc(C(F)(F)F)c5)C(=O)[C@@H]4[C@@H]3C[C@H]3C(=O)N(c4ccc(F)c(Cl)c4)C(=O)[C@@]23C)cc(I)c1O. The van der Waals surface area contributed by atoms with Gasteiger partial charge in [0.25, 0.3) is 0 Å². The summed E-state index contributed by atoms with van der Waals surface area (Å²) in [7, 11) is 1.30. The highest BCUT2D eigenvalue weighted by Crippen LogP contribution is 2.64. The number of amides is 4. The first kappa shape index (κ1) is 37.1. The van der Waals surface area contributed by atoms with Crippen LogP contribution in [0.25, 0.3) is 0 Å². The number of methoxy groups -OCH3 is 1. The second kappa shape index (κ2) is 12.4. The van der Waals surface area contributed by atoms with Crippen LogP contribution in [-0.2, 0) is 31.5 Å². The van der Waals surface area contributed by atoms with E-state index in [0.717, 1.165) is 17.0 Å². The lowest BCUT2D eigenvalue weighted by molar-refractivity contribution is -0.143. The third kappa shape index (κ3) is 5.60. The lowest BCUT2D eigenvalue weighted by atomic mass is 9.51. The molecule has 3 fully saturated rings. The van der Waals surface area contributed by atoms with Crippen molar-refractivity contribution in [1.29, 1.82) is 0 Å². The van der Waals surface area contributed by atoms with Gasteiger partial charge in [-0.05, 0) is 102 Å². The van der Waals surface area contributed by atoms with E-state index >= 15 is 0 Å². The maximum absolute atomic E-state index is 14.6. The third-order valence-corrected chi connectivity index (χ3v) is 12.0. The van der Waals surface area contributed by atoms with E-state index in [2.05, 4.69) is 0 Å². The quantitative estimate of drug-likeness (QED) is 0.123. The molecule has 1 N–H and O–H groups in total. The Balaban J connectivity index is 1.38. The van der Waals surface area contributed by atoms with Gasteiger partial charge in [0, 0.05) is 5.92 Å². The van der Waals surface area contributed by atoms with E-state index in [-0.39, 0.29) is 41.1 Å². The molecule has 2 aliphatic heterocycles. The molecule has 2 saturated heterocycles. The Morgan fingerprint density at radius 3 is 2.09 bits per heavy atom. The topological polar surface area (TPSA) is 104 Å². The molecule has 6 atom stereocenters. The van der Waals surface area contributed by atoms with Crippen LogP contribution >= 0.6 is 34.2 Å². The molecule has 2 aliphatic carbocycles. The van der Waals surface area contributed by atoms with Crippen LogP contribution in [0.2, 0.25) is 5.02 Å². The predicted octanol–water partition coefficient (Wildman–Crippen LogP) is 8.27. The largest absolute Gasteiger partial charge is 0.504 e. The van der Waals surface area contributed by atoms with Gasteiger partial charge in [-0.15, -0.1) is 0 Å². The van der Waals surface area contributed by atoms with Crippen molar-refractivity contribution in [2.45, 2.75) is 38.0 Å². The van der Waals surface area contributed by atoms with Crippen LogP contribution in [0.4, 0.5) is 42.1 Å². The average molecular weight is 877 g/mol. The van der Waals surface area contributed by atoms with Crippen LogP contribution in [0, 0.1) is 38.5 Å². The monoisotopic (exact) mass is 876 g/mol. The fourth-order valence-corrected chi connectivity index (χ4v) is 9.30. The zero-order valence-electron chi connectivity index (χ0n) is 27.3. The van der Waals surface area contributed by atoms with Gasteiger partial charge in [-0.25, -0.2) is 14.2 Å². The number of ether oxygens (including phenoxy) is 1. The van der Waals surface area contributed by atoms with Gasteiger partial charge in [0.05, 0.1) is 61.4 Å². The smallest absolute Gasteiger partial charge is 0.416 e. The molecular formula is C36H25ClF7IN2O6. The summed E-state index contributed by atoms with van der Waals surface area (Å²) in [4.78, 5) is 58.3.